The van der Waals surface area contributed by atoms with Gasteiger partial charge in [0.2, 0.25) is 5.43 Å². The monoisotopic (exact) mass is 298 g/mol. The summed E-state index contributed by atoms with van der Waals surface area (Å²) in [5, 5.41) is 4.05. The van der Waals surface area contributed by atoms with Gasteiger partial charge in [-0.2, -0.15) is 0 Å². The predicted octanol–water partition coefficient (Wildman–Crippen LogP) is 2.49. The Kier molecular flexibility index (Phi) is 3.08. The standard InChI is InChI=1S/C17H15FN2O2/c18-12-5-6-14-15(16(12)20-9-7-19-8-10-20)17(21)11-3-1-2-4-13(11)22-14/h1-6,19H,7-10H2. The molecule has 22 heavy (non-hydrogen) atoms. The summed E-state index contributed by atoms with van der Waals surface area (Å²) in [5.74, 6) is -0.378. The van der Waals surface area contributed by atoms with E-state index in [-0.39, 0.29) is 11.2 Å². The highest BCUT2D eigenvalue weighted by Crippen LogP contribution is 2.30. The van der Waals surface area contributed by atoms with E-state index in [2.05, 4.69) is 5.32 Å². The molecule has 0 aliphatic carbocycles. The van der Waals surface area contributed by atoms with E-state index in [4.69, 9.17) is 4.42 Å². The molecular weight excluding hydrogens is 283 g/mol. The molecule has 0 atom stereocenters. The van der Waals surface area contributed by atoms with Crippen molar-refractivity contribution in [2.24, 2.45) is 0 Å². The van der Waals surface area contributed by atoms with Gasteiger partial charge in [-0.3, -0.25) is 4.79 Å². The topological polar surface area (TPSA) is 45.5 Å². The number of para-hydroxylation sites is 1. The van der Waals surface area contributed by atoms with Gasteiger partial charge in [0.1, 0.15) is 17.0 Å². The van der Waals surface area contributed by atoms with Crippen LogP contribution < -0.4 is 15.6 Å². The van der Waals surface area contributed by atoms with E-state index >= 15 is 0 Å². The second-order valence-corrected chi connectivity index (χ2v) is 5.43. The highest BCUT2D eigenvalue weighted by Gasteiger charge is 2.21. The normalized spacial score (nSPS) is 15.6. The summed E-state index contributed by atoms with van der Waals surface area (Å²) in [6.45, 7) is 2.88. The van der Waals surface area contributed by atoms with Gasteiger partial charge in [-0.1, -0.05) is 12.1 Å². The number of fused-ring (bicyclic) bond motifs is 2. The van der Waals surface area contributed by atoms with E-state index in [0.29, 0.717) is 40.7 Å². The van der Waals surface area contributed by atoms with Crippen molar-refractivity contribution >= 4 is 27.6 Å². The average Bonchev–Trinajstić information content (AvgIpc) is 2.56. The fraction of sp³-hybridized carbons (Fsp3) is 0.235. The fourth-order valence-corrected chi connectivity index (χ4v) is 3.05. The predicted molar refractivity (Wildman–Crippen MR) is 85.0 cm³/mol. The fourth-order valence-electron chi connectivity index (χ4n) is 3.05. The molecule has 1 saturated heterocycles. The number of nitrogens with one attached hydrogen (secondary N) is 1. The molecular formula is C17H15FN2O2. The molecule has 1 aliphatic rings. The van der Waals surface area contributed by atoms with E-state index in [0.717, 1.165) is 13.1 Å². The van der Waals surface area contributed by atoms with Crippen molar-refractivity contribution in [2.75, 3.05) is 31.1 Å². The van der Waals surface area contributed by atoms with Gasteiger partial charge in [0, 0.05) is 26.2 Å². The first-order chi connectivity index (χ1) is 10.8. The number of piperazine rings is 1. The summed E-state index contributed by atoms with van der Waals surface area (Å²) < 4.78 is 20.2. The number of anilines is 1. The Hall–Kier alpha value is -2.40. The molecule has 1 N–H and O–H groups in total. The Morgan fingerprint density at radius 2 is 1.82 bits per heavy atom. The SMILES string of the molecule is O=c1c2ccccc2oc2ccc(F)c(N3CCNCC3)c12. The zero-order valence-electron chi connectivity index (χ0n) is 11.9. The minimum Gasteiger partial charge on any atom is -0.456 e. The Morgan fingerprint density at radius 3 is 2.64 bits per heavy atom. The Morgan fingerprint density at radius 1 is 1.05 bits per heavy atom. The second-order valence-electron chi connectivity index (χ2n) is 5.43. The molecule has 0 bridgehead atoms. The number of rotatable bonds is 1. The first-order valence-electron chi connectivity index (χ1n) is 7.35. The first-order valence-corrected chi connectivity index (χ1v) is 7.35. The zero-order chi connectivity index (χ0) is 15.1. The van der Waals surface area contributed by atoms with Gasteiger partial charge < -0.3 is 14.6 Å². The van der Waals surface area contributed by atoms with Crippen molar-refractivity contribution in [2.45, 2.75) is 0 Å². The van der Waals surface area contributed by atoms with Crippen molar-refractivity contribution in [1.29, 1.82) is 0 Å². The van der Waals surface area contributed by atoms with Crippen molar-refractivity contribution in [3.63, 3.8) is 0 Å². The molecule has 4 nitrogen and oxygen atoms in total. The molecule has 0 amide bonds. The maximum atomic E-state index is 14.4. The van der Waals surface area contributed by atoms with Crippen LogP contribution in [-0.4, -0.2) is 26.2 Å². The minimum absolute atomic E-state index is 0.176. The van der Waals surface area contributed by atoms with Gasteiger partial charge in [-0.05, 0) is 24.3 Å². The molecule has 1 fully saturated rings. The average molecular weight is 298 g/mol. The number of nitrogens with zero attached hydrogens (tertiary/aromatic N) is 1. The molecule has 4 rings (SSSR count). The molecule has 0 spiro atoms. The third kappa shape index (κ3) is 1.97. The highest BCUT2D eigenvalue weighted by atomic mass is 19.1. The molecule has 5 heteroatoms. The van der Waals surface area contributed by atoms with Crippen LogP contribution >= 0.6 is 0 Å². The van der Waals surface area contributed by atoms with E-state index in [1.807, 2.05) is 11.0 Å². The summed E-state index contributed by atoms with van der Waals surface area (Å²) in [5.41, 5.74) is 1.14. The van der Waals surface area contributed by atoms with Gasteiger partial charge in [-0.15, -0.1) is 0 Å². The van der Waals surface area contributed by atoms with Crippen LogP contribution in [0.15, 0.2) is 45.6 Å². The van der Waals surface area contributed by atoms with E-state index in [1.54, 1.807) is 18.2 Å². The molecule has 1 aliphatic heterocycles. The molecule has 2 heterocycles. The number of hydrogen-bond donors (Lipinski definition) is 1. The Balaban J connectivity index is 2.08. The summed E-state index contributed by atoms with van der Waals surface area (Å²) in [6.07, 6.45) is 0. The van der Waals surface area contributed by atoms with Crippen LogP contribution in [0.2, 0.25) is 0 Å². The molecule has 1 aromatic heterocycles. The number of halogens is 1. The molecule has 0 unspecified atom stereocenters. The maximum Gasteiger partial charge on any atom is 0.202 e. The lowest BCUT2D eigenvalue weighted by molar-refractivity contribution is 0.567. The molecule has 2 aromatic carbocycles. The Bertz CT molecular complexity index is 914. The lowest BCUT2D eigenvalue weighted by atomic mass is 10.1. The van der Waals surface area contributed by atoms with E-state index in [1.165, 1.54) is 12.1 Å². The van der Waals surface area contributed by atoms with Crippen molar-refractivity contribution < 1.29 is 8.81 Å². The molecule has 0 radical (unpaired) electrons. The third-order valence-electron chi connectivity index (χ3n) is 4.10. The second kappa shape index (κ2) is 5.10. The van der Waals surface area contributed by atoms with E-state index in [9.17, 15) is 9.18 Å². The largest absolute Gasteiger partial charge is 0.456 e. The smallest absolute Gasteiger partial charge is 0.202 e. The third-order valence-corrected chi connectivity index (χ3v) is 4.10. The van der Waals surface area contributed by atoms with Crippen LogP contribution in [0.25, 0.3) is 21.9 Å². The van der Waals surface area contributed by atoms with Crippen LogP contribution in [0, 0.1) is 5.82 Å². The van der Waals surface area contributed by atoms with Gasteiger partial charge >= 0.3 is 0 Å². The van der Waals surface area contributed by atoms with Crippen LogP contribution in [0.4, 0.5) is 10.1 Å². The lowest BCUT2D eigenvalue weighted by Gasteiger charge is -2.30. The summed E-state index contributed by atoms with van der Waals surface area (Å²) in [4.78, 5) is 14.8. The zero-order valence-corrected chi connectivity index (χ0v) is 11.9. The number of hydrogen-bond acceptors (Lipinski definition) is 4. The van der Waals surface area contributed by atoms with E-state index < -0.39 is 0 Å². The number of benzene rings is 2. The lowest BCUT2D eigenvalue weighted by Crippen LogP contribution is -2.44. The molecule has 0 saturated carbocycles. The van der Waals surface area contributed by atoms with Crippen LogP contribution in [-0.2, 0) is 0 Å². The quantitative estimate of drug-likeness (QED) is 0.701. The van der Waals surface area contributed by atoms with Gasteiger partial charge in [0.15, 0.2) is 0 Å². The van der Waals surface area contributed by atoms with Crippen molar-refractivity contribution in [1.82, 2.24) is 5.32 Å². The summed E-state index contributed by atoms with van der Waals surface area (Å²) in [6, 6.07) is 9.98. The first kappa shape index (κ1) is 13.3. The molecule has 112 valence electrons. The highest BCUT2D eigenvalue weighted by molar-refractivity contribution is 5.97. The molecule has 3 aromatic rings. The van der Waals surface area contributed by atoms with Crippen LogP contribution in [0.1, 0.15) is 0 Å². The van der Waals surface area contributed by atoms with Crippen LogP contribution in [0.5, 0.6) is 0 Å². The van der Waals surface area contributed by atoms with Crippen LogP contribution in [0.3, 0.4) is 0 Å². The maximum absolute atomic E-state index is 14.4. The summed E-state index contributed by atoms with van der Waals surface area (Å²) >= 11 is 0. The Labute approximate surface area is 126 Å². The van der Waals surface area contributed by atoms with Gasteiger partial charge in [-0.25, -0.2) is 4.39 Å². The summed E-state index contributed by atoms with van der Waals surface area (Å²) in [7, 11) is 0. The van der Waals surface area contributed by atoms with Gasteiger partial charge in [0.05, 0.1) is 16.5 Å². The minimum atomic E-state index is -0.378. The van der Waals surface area contributed by atoms with Crippen molar-refractivity contribution in [3.8, 4) is 0 Å². The van der Waals surface area contributed by atoms with Gasteiger partial charge in [0.25, 0.3) is 0 Å². The van der Waals surface area contributed by atoms with Crippen molar-refractivity contribution in [3.05, 3.63) is 52.4 Å².